The molecular formula is C22H28N2O3S. The Labute approximate surface area is 167 Å². The SMILES string of the molecule is CC(C)S(=O)(=O)c1ccc(CC(=O)NC[C@H]2CCCN2c2ccccc2)cc1. The van der Waals surface area contributed by atoms with Crippen molar-refractivity contribution in [3.05, 3.63) is 60.2 Å². The molecule has 1 amide bonds. The van der Waals surface area contributed by atoms with Gasteiger partial charge in [0.2, 0.25) is 5.91 Å². The van der Waals surface area contributed by atoms with E-state index in [-0.39, 0.29) is 12.3 Å². The van der Waals surface area contributed by atoms with Crippen molar-refractivity contribution in [2.24, 2.45) is 0 Å². The van der Waals surface area contributed by atoms with Crippen LogP contribution >= 0.6 is 0 Å². The molecule has 150 valence electrons. The van der Waals surface area contributed by atoms with Crippen LogP contribution in [0.15, 0.2) is 59.5 Å². The Hall–Kier alpha value is -2.34. The van der Waals surface area contributed by atoms with Crippen molar-refractivity contribution >= 4 is 21.4 Å². The number of sulfone groups is 1. The van der Waals surface area contributed by atoms with E-state index < -0.39 is 15.1 Å². The number of hydrogen-bond donors (Lipinski definition) is 1. The van der Waals surface area contributed by atoms with Gasteiger partial charge in [0, 0.05) is 24.8 Å². The highest BCUT2D eigenvalue weighted by Crippen LogP contribution is 2.24. The molecule has 1 fully saturated rings. The van der Waals surface area contributed by atoms with E-state index in [1.807, 2.05) is 18.2 Å². The van der Waals surface area contributed by atoms with Gasteiger partial charge in [-0.15, -0.1) is 0 Å². The van der Waals surface area contributed by atoms with E-state index in [0.29, 0.717) is 17.5 Å². The Morgan fingerprint density at radius 1 is 1.11 bits per heavy atom. The predicted octanol–water partition coefficient (Wildman–Crippen LogP) is 3.20. The van der Waals surface area contributed by atoms with Gasteiger partial charge in [-0.25, -0.2) is 8.42 Å². The molecular weight excluding hydrogens is 372 g/mol. The van der Waals surface area contributed by atoms with Crippen LogP contribution in [0.25, 0.3) is 0 Å². The molecule has 0 radical (unpaired) electrons. The molecule has 0 spiro atoms. The molecule has 1 aliphatic rings. The lowest BCUT2D eigenvalue weighted by Crippen LogP contribution is -2.40. The fraction of sp³-hybridized carbons (Fsp3) is 0.409. The molecule has 0 unspecified atom stereocenters. The number of carbonyl (C=O) groups excluding carboxylic acids is 1. The zero-order chi connectivity index (χ0) is 20.1. The fourth-order valence-electron chi connectivity index (χ4n) is 3.56. The van der Waals surface area contributed by atoms with Crippen molar-refractivity contribution in [2.75, 3.05) is 18.0 Å². The van der Waals surface area contributed by atoms with Gasteiger partial charge in [-0.2, -0.15) is 0 Å². The van der Waals surface area contributed by atoms with E-state index in [2.05, 4.69) is 22.3 Å². The molecule has 0 bridgehead atoms. The summed E-state index contributed by atoms with van der Waals surface area (Å²) in [5, 5.41) is 2.58. The first-order valence-electron chi connectivity index (χ1n) is 9.79. The van der Waals surface area contributed by atoms with E-state index in [1.165, 1.54) is 5.69 Å². The maximum Gasteiger partial charge on any atom is 0.224 e. The summed E-state index contributed by atoms with van der Waals surface area (Å²) >= 11 is 0. The molecule has 5 nitrogen and oxygen atoms in total. The van der Waals surface area contributed by atoms with Crippen molar-refractivity contribution in [1.82, 2.24) is 5.32 Å². The van der Waals surface area contributed by atoms with Gasteiger partial charge in [-0.05, 0) is 56.5 Å². The second-order valence-corrected chi connectivity index (χ2v) is 10.0. The zero-order valence-electron chi connectivity index (χ0n) is 16.5. The molecule has 1 heterocycles. The van der Waals surface area contributed by atoms with Crippen LogP contribution in [0.5, 0.6) is 0 Å². The van der Waals surface area contributed by atoms with E-state index in [1.54, 1.807) is 38.1 Å². The second kappa shape index (κ2) is 8.78. The molecule has 28 heavy (non-hydrogen) atoms. The summed E-state index contributed by atoms with van der Waals surface area (Å²) in [6.45, 7) is 4.96. The fourth-order valence-corrected chi connectivity index (χ4v) is 4.62. The Balaban J connectivity index is 1.54. The summed E-state index contributed by atoms with van der Waals surface area (Å²) in [6.07, 6.45) is 2.44. The lowest BCUT2D eigenvalue weighted by molar-refractivity contribution is -0.120. The standard InChI is InChI=1S/C22H28N2O3S/c1-17(2)28(26,27)21-12-10-18(11-13-21)15-22(25)23-16-20-9-6-14-24(20)19-7-4-3-5-8-19/h3-5,7-8,10-13,17,20H,6,9,14-16H2,1-2H3,(H,23,25)/t20-/m1/s1. The van der Waals surface area contributed by atoms with E-state index in [9.17, 15) is 13.2 Å². The summed E-state index contributed by atoms with van der Waals surface area (Å²) in [4.78, 5) is 15.0. The largest absolute Gasteiger partial charge is 0.367 e. The third kappa shape index (κ3) is 4.73. The van der Waals surface area contributed by atoms with E-state index >= 15 is 0 Å². The van der Waals surface area contributed by atoms with Crippen LogP contribution in [0.2, 0.25) is 0 Å². The highest BCUT2D eigenvalue weighted by molar-refractivity contribution is 7.92. The van der Waals surface area contributed by atoms with Crippen molar-refractivity contribution < 1.29 is 13.2 Å². The minimum atomic E-state index is -3.28. The second-order valence-electron chi connectivity index (χ2n) is 7.54. The van der Waals surface area contributed by atoms with E-state index in [0.717, 1.165) is 24.9 Å². The van der Waals surface area contributed by atoms with E-state index in [4.69, 9.17) is 0 Å². The number of amides is 1. The number of nitrogens with one attached hydrogen (secondary N) is 1. The third-order valence-corrected chi connectivity index (χ3v) is 7.41. The number of benzene rings is 2. The summed E-state index contributed by atoms with van der Waals surface area (Å²) < 4.78 is 24.4. The maximum absolute atomic E-state index is 12.4. The molecule has 1 N–H and O–H groups in total. The topological polar surface area (TPSA) is 66.5 Å². The van der Waals surface area contributed by atoms with Crippen LogP contribution in [-0.2, 0) is 21.1 Å². The van der Waals surface area contributed by atoms with Gasteiger partial charge in [0.15, 0.2) is 9.84 Å². The van der Waals surface area contributed by atoms with Crippen molar-refractivity contribution in [1.29, 1.82) is 0 Å². The Morgan fingerprint density at radius 2 is 1.79 bits per heavy atom. The van der Waals surface area contributed by atoms with Crippen molar-refractivity contribution in [3.63, 3.8) is 0 Å². The van der Waals surface area contributed by atoms with Crippen molar-refractivity contribution in [3.8, 4) is 0 Å². The number of hydrogen-bond acceptors (Lipinski definition) is 4. The Bertz CT molecular complexity index is 893. The molecule has 0 aliphatic carbocycles. The quantitative estimate of drug-likeness (QED) is 0.775. The van der Waals surface area contributed by atoms with Gasteiger partial charge in [0.25, 0.3) is 0 Å². The highest BCUT2D eigenvalue weighted by Gasteiger charge is 2.25. The van der Waals surface area contributed by atoms with Crippen LogP contribution in [0, 0.1) is 0 Å². The number of carbonyl (C=O) groups is 1. The van der Waals surface area contributed by atoms with Crippen LogP contribution in [0.4, 0.5) is 5.69 Å². The average molecular weight is 401 g/mol. The highest BCUT2D eigenvalue weighted by atomic mass is 32.2. The summed E-state index contributed by atoms with van der Waals surface area (Å²) in [5.74, 6) is -0.0422. The zero-order valence-corrected chi connectivity index (χ0v) is 17.3. The third-order valence-electron chi connectivity index (χ3n) is 5.24. The number of rotatable bonds is 7. The first-order valence-corrected chi connectivity index (χ1v) is 11.3. The van der Waals surface area contributed by atoms with Gasteiger partial charge in [0.1, 0.15) is 0 Å². The lowest BCUT2D eigenvalue weighted by atomic mass is 10.1. The van der Waals surface area contributed by atoms with Gasteiger partial charge < -0.3 is 10.2 Å². The van der Waals surface area contributed by atoms with Crippen LogP contribution < -0.4 is 10.2 Å². The lowest BCUT2D eigenvalue weighted by Gasteiger charge is -2.27. The number of nitrogens with zero attached hydrogens (tertiary/aromatic N) is 1. The molecule has 2 aromatic rings. The van der Waals surface area contributed by atoms with Gasteiger partial charge >= 0.3 is 0 Å². The molecule has 6 heteroatoms. The van der Waals surface area contributed by atoms with Crippen LogP contribution in [0.3, 0.4) is 0 Å². The summed E-state index contributed by atoms with van der Waals surface area (Å²) in [7, 11) is -3.28. The predicted molar refractivity (Wildman–Crippen MR) is 112 cm³/mol. The minimum absolute atomic E-state index is 0.0422. The average Bonchev–Trinajstić information content (AvgIpc) is 3.16. The van der Waals surface area contributed by atoms with Crippen molar-refractivity contribution in [2.45, 2.75) is 49.3 Å². The maximum atomic E-state index is 12.4. The smallest absolute Gasteiger partial charge is 0.224 e. The van der Waals surface area contributed by atoms with Gasteiger partial charge in [-0.3, -0.25) is 4.79 Å². The molecule has 1 aliphatic heterocycles. The Morgan fingerprint density at radius 3 is 2.43 bits per heavy atom. The molecule has 2 aromatic carbocycles. The monoisotopic (exact) mass is 400 g/mol. The molecule has 1 saturated heterocycles. The van der Waals surface area contributed by atoms with Crippen LogP contribution in [-0.4, -0.2) is 38.7 Å². The molecule has 1 atom stereocenters. The van der Waals surface area contributed by atoms with Gasteiger partial charge in [-0.1, -0.05) is 30.3 Å². The summed E-state index contributed by atoms with van der Waals surface area (Å²) in [5.41, 5.74) is 2.01. The first kappa shape index (κ1) is 20.4. The Kier molecular flexibility index (Phi) is 6.39. The summed E-state index contributed by atoms with van der Waals surface area (Å²) in [6, 6.07) is 17.2. The molecule has 3 rings (SSSR count). The molecule has 0 aromatic heterocycles. The number of anilines is 1. The van der Waals surface area contributed by atoms with Crippen LogP contribution in [0.1, 0.15) is 32.3 Å². The molecule has 0 saturated carbocycles. The normalized spacial score (nSPS) is 17.1. The first-order chi connectivity index (χ1) is 13.4. The van der Waals surface area contributed by atoms with Gasteiger partial charge in [0.05, 0.1) is 16.6 Å². The minimum Gasteiger partial charge on any atom is -0.367 e. The number of para-hydroxylation sites is 1.